The third-order valence-corrected chi connectivity index (χ3v) is 5.05. The van der Waals surface area contributed by atoms with Crippen molar-refractivity contribution in [2.24, 2.45) is 5.92 Å². The number of methoxy groups -OCH3 is 1. The summed E-state index contributed by atoms with van der Waals surface area (Å²) >= 11 is 0. The molecule has 3 rings (SSSR count). The van der Waals surface area contributed by atoms with E-state index in [4.69, 9.17) is 9.47 Å². The van der Waals surface area contributed by atoms with Crippen LogP contribution in [0, 0.1) is 5.92 Å². The van der Waals surface area contributed by atoms with Gasteiger partial charge in [-0.3, -0.25) is 0 Å². The van der Waals surface area contributed by atoms with E-state index in [9.17, 15) is 5.11 Å². The van der Waals surface area contributed by atoms with Gasteiger partial charge in [-0.05, 0) is 68.1 Å². The van der Waals surface area contributed by atoms with Crippen molar-refractivity contribution in [3.05, 3.63) is 60.2 Å². The summed E-state index contributed by atoms with van der Waals surface area (Å²) in [6.07, 6.45) is 3.09. The van der Waals surface area contributed by atoms with Gasteiger partial charge in [0, 0.05) is 6.54 Å². The molecule has 4 heteroatoms. The molecule has 0 radical (unpaired) electrons. The maximum atomic E-state index is 10.3. The molecule has 1 atom stereocenters. The molecular weight excluding hydrogens is 326 g/mol. The quantitative estimate of drug-likeness (QED) is 0.788. The van der Waals surface area contributed by atoms with Crippen molar-refractivity contribution in [2.75, 3.05) is 33.4 Å². The third kappa shape index (κ3) is 5.75. The van der Waals surface area contributed by atoms with Gasteiger partial charge in [-0.1, -0.05) is 30.3 Å². The Hall–Kier alpha value is -2.04. The molecule has 140 valence electrons. The third-order valence-electron chi connectivity index (χ3n) is 5.05. The molecule has 0 aromatic heterocycles. The normalized spacial score (nSPS) is 17.0. The van der Waals surface area contributed by atoms with Crippen LogP contribution in [-0.4, -0.2) is 49.5 Å². The van der Waals surface area contributed by atoms with E-state index in [1.807, 2.05) is 24.3 Å². The summed E-state index contributed by atoms with van der Waals surface area (Å²) in [6.45, 7) is 3.10. The number of hydrogen-bond donors (Lipinski definition) is 1. The highest BCUT2D eigenvalue weighted by atomic mass is 16.5. The van der Waals surface area contributed by atoms with Gasteiger partial charge < -0.3 is 19.5 Å². The van der Waals surface area contributed by atoms with E-state index in [1.54, 1.807) is 7.11 Å². The summed E-state index contributed by atoms with van der Waals surface area (Å²) in [4.78, 5) is 2.35. The van der Waals surface area contributed by atoms with Crippen molar-refractivity contribution in [1.82, 2.24) is 4.90 Å². The summed E-state index contributed by atoms with van der Waals surface area (Å²) in [6, 6.07) is 18.2. The Balaban J connectivity index is 1.35. The molecule has 0 bridgehead atoms. The standard InChI is InChI=1S/C22H29NO3/c1-25-21-7-9-22(10-8-21)26-17-20(24)16-23-13-11-19(12-14-23)15-18-5-3-2-4-6-18/h2-10,19-20,24H,11-17H2,1H3. The molecule has 4 nitrogen and oxygen atoms in total. The van der Waals surface area contributed by atoms with Crippen molar-refractivity contribution in [2.45, 2.75) is 25.4 Å². The molecule has 0 amide bonds. The summed E-state index contributed by atoms with van der Waals surface area (Å²) in [7, 11) is 1.64. The first-order valence-corrected chi connectivity index (χ1v) is 9.44. The number of ether oxygens (including phenoxy) is 2. The van der Waals surface area contributed by atoms with Gasteiger partial charge in [0.25, 0.3) is 0 Å². The van der Waals surface area contributed by atoms with Crippen LogP contribution in [0.25, 0.3) is 0 Å². The molecule has 2 aromatic carbocycles. The van der Waals surface area contributed by atoms with Crippen LogP contribution in [0.3, 0.4) is 0 Å². The molecule has 0 aliphatic carbocycles. The molecule has 1 aliphatic rings. The number of hydrogen-bond acceptors (Lipinski definition) is 4. The number of nitrogens with zero attached hydrogens (tertiary/aromatic N) is 1. The Labute approximate surface area is 156 Å². The van der Waals surface area contributed by atoms with Crippen LogP contribution in [0.5, 0.6) is 11.5 Å². The number of β-amino-alcohol motifs (C(OH)–C–C–N with tert-alkyl or cyclic N) is 1. The van der Waals surface area contributed by atoms with Gasteiger partial charge in [0.05, 0.1) is 7.11 Å². The first kappa shape index (κ1) is 18.7. The van der Waals surface area contributed by atoms with E-state index in [-0.39, 0.29) is 0 Å². The SMILES string of the molecule is COc1ccc(OCC(O)CN2CCC(Cc3ccccc3)CC2)cc1. The molecular formula is C22H29NO3. The fourth-order valence-electron chi connectivity index (χ4n) is 3.54. The Morgan fingerprint density at radius 3 is 2.31 bits per heavy atom. The minimum Gasteiger partial charge on any atom is -0.497 e. The van der Waals surface area contributed by atoms with Crippen molar-refractivity contribution >= 4 is 0 Å². The van der Waals surface area contributed by atoms with E-state index in [0.29, 0.717) is 13.2 Å². The van der Waals surface area contributed by atoms with Crippen molar-refractivity contribution in [3.63, 3.8) is 0 Å². The van der Waals surface area contributed by atoms with Crippen LogP contribution in [0.4, 0.5) is 0 Å². The van der Waals surface area contributed by atoms with Crippen LogP contribution < -0.4 is 9.47 Å². The first-order chi connectivity index (χ1) is 12.7. The summed E-state index contributed by atoms with van der Waals surface area (Å²) in [5.41, 5.74) is 1.43. The Bertz CT molecular complexity index is 636. The zero-order valence-electron chi connectivity index (χ0n) is 15.5. The van der Waals surface area contributed by atoms with Gasteiger partial charge in [-0.2, -0.15) is 0 Å². The number of benzene rings is 2. The van der Waals surface area contributed by atoms with E-state index < -0.39 is 6.10 Å². The summed E-state index contributed by atoms with van der Waals surface area (Å²) < 4.78 is 10.8. The highest BCUT2D eigenvalue weighted by Crippen LogP contribution is 2.22. The molecule has 1 unspecified atom stereocenters. The number of likely N-dealkylation sites (tertiary alicyclic amines) is 1. The molecule has 1 fully saturated rings. The summed E-state index contributed by atoms with van der Waals surface area (Å²) in [5.74, 6) is 2.31. The topological polar surface area (TPSA) is 41.9 Å². The molecule has 1 N–H and O–H groups in total. The van der Waals surface area contributed by atoms with E-state index in [2.05, 4.69) is 35.2 Å². The van der Waals surface area contributed by atoms with Gasteiger partial charge in [-0.15, -0.1) is 0 Å². The van der Waals surface area contributed by atoms with Crippen LogP contribution in [0.2, 0.25) is 0 Å². The monoisotopic (exact) mass is 355 g/mol. The minimum atomic E-state index is -0.470. The molecule has 0 saturated carbocycles. The average Bonchev–Trinajstić information content (AvgIpc) is 2.69. The second-order valence-corrected chi connectivity index (χ2v) is 7.07. The van der Waals surface area contributed by atoms with E-state index >= 15 is 0 Å². The molecule has 2 aromatic rings. The van der Waals surface area contributed by atoms with Crippen LogP contribution in [-0.2, 0) is 6.42 Å². The molecule has 1 heterocycles. The lowest BCUT2D eigenvalue weighted by Crippen LogP contribution is -2.41. The van der Waals surface area contributed by atoms with Crippen LogP contribution in [0.15, 0.2) is 54.6 Å². The molecule has 26 heavy (non-hydrogen) atoms. The zero-order chi connectivity index (χ0) is 18.2. The Morgan fingerprint density at radius 1 is 1.00 bits per heavy atom. The number of piperidine rings is 1. The van der Waals surface area contributed by atoms with Gasteiger partial charge in [0.2, 0.25) is 0 Å². The van der Waals surface area contributed by atoms with Crippen LogP contribution in [0.1, 0.15) is 18.4 Å². The second kappa shape index (κ2) is 9.60. The van der Waals surface area contributed by atoms with Gasteiger partial charge in [0.1, 0.15) is 24.2 Å². The summed E-state index contributed by atoms with van der Waals surface area (Å²) in [5, 5.41) is 10.3. The maximum Gasteiger partial charge on any atom is 0.119 e. The Morgan fingerprint density at radius 2 is 1.65 bits per heavy atom. The lowest BCUT2D eigenvalue weighted by Gasteiger charge is -2.33. The fraction of sp³-hybridized carbons (Fsp3) is 0.455. The van der Waals surface area contributed by atoms with Crippen molar-refractivity contribution in [1.29, 1.82) is 0 Å². The highest BCUT2D eigenvalue weighted by Gasteiger charge is 2.21. The second-order valence-electron chi connectivity index (χ2n) is 7.07. The largest absolute Gasteiger partial charge is 0.497 e. The Kier molecular flexibility index (Phi) is 6.92. The number of aliphatic hydroxyl groups is 1. The zero-order valence-corrected chi connectivity index (χ0v) is 15.5. The van der Waals surface area contributed by atoms with Crippen molar-refractivity contribution in [3.8, 4) is 11.5 Å². The number of rotatable bonds is 8. The lowest BCUT2D eigenvalue weighted by molar-refractivity contribution is 0.0550. The van der Waals surface area contributed by atoms with Crippen molar-refractivity contribution < 1.29 is 14.6 Å². The minimum absolute atomic E-state index is 0.316. The molecule has 0 spiro atoms. The van der Waals surface area contributed by atoms with Gasteiger partial charge in [-0.25, -0.2) is 0 Å². The smallest absolute Gasteiger partial charge is 0.119 e. The number of aliphatic hydroxyl groups excluding tert-OH is 1. The predicted octanol–water partition coefficient (Wildman–Crippen LogP) is 3.39. The fourth-order valence-corrected chi connectivity index (χ4v) is 3.54. The van der Waals surface area contributed by atoms with Gasteiger partial charge in [0.15, 0.2) is 0 Å². The maximum absolute atomic E-state index is 10.3. The van der Waals surface area contributed by atoms with Crippen LogP contribution >= 0.6 is 0 Å². The predicted molar refractivity (Wildman–Crippen MR) is 104 cm³/mol. The lowest BCUT2D eigenvalue weighted by atomic mass is 9.90. The molecule has 1 saturated heterocycles. The van der Waals surface area contributed by atoms with E-state index in [0.717, 1.165) is 36.9 Å². The first-order valence-electron chi connectivity index (χ1n) is 9.44. The van der Waals surface area contributed by atoms with E-state index in [1.165, 1.54) is 18.4 Å². The van der Waals surface area contributed by atoms with Gasteiger partial charge >= 0.3 is 0 Å². The molecule has 1 aliphatic heterocycles. The average molecular weight is 355 g/mol. The highest BCUT2D eigenvalue weighted by molar-refractivity contribution is 5.31.